The van der Waals surface area contributed by atoms with Crippen molar-refractivity contribution in [3.05, 3.63) is 0 Å². The van der Waals surface area contributed by atoms with Crippen molar-refractivity contribution in [3.8, 4) is 0 Å². The average molecular weight is 274 g/mol. The van der Waals surface area contributed by atoms with E-state index in [2.05, 4.69) is 0 Å². The first-order valence-electron chi connectivity index (χ1n) is 6.73. The van der Waals surface area contributed by atoms with Crippen LogP contribution >= 0.6 is 0 Å². The topological polar surface area (TPSA) is 93.1 Å². The summed E-state index contributed by atoms with van der Waals surface area (Å²) < 4.78 is 9.78. The molecule has 1 unspecified atom stereocenters. The number of cyclic esters (lactones) is 2. The molecule has 1 saturated heterocycles. The molecule has 0 bridgehead atoms. The fourth-order valence-corrected chi connectivity index (χ4v) is 1.90. The lowest BCUT2D eigenvalue weighted by Gasteiger charge is -2.21. The van der Waals surface area contributed by atoms with Crippen molar-refractivity contribution in [2.45, 2.75) is 63.8 Å². The minimum atomic E-state index is -2.45. The number of aliphatic hydroxyl groups is 2. The molecule has 110 valence electrons. The molecule has 19 heavy (non-hydrogen) atoms. The molecule has 6 heteroatoms. The second kappa shape index (κ2) is 7.45. The molecular weight excluding hydrogens is 252 g/mol. The van der Waals surface area contributed by atoms with Crippen LogP contribution in [0.4, 0.5) is 0 Å². The Bertz CT molecular complexity index is 312. The van der Waals surface area contributed by atoms with Crippen molar-refractivity contribution in [2.24, 2.45) is 0 Å². The van der Waals surface area contributed by atoms with Gasteiger partial charge in [0.25, 0.3) is 5.79 Å². The first-order valence-corrected chi connectivity index (χ1v) is 6.73. The van der Waals surface area contributed by atoms with Crippen LogP contribution < -0.4 is 0 Å². The van der Waals surface area contributed by atoms with Crippen molar-refractivity contribution in [3.63, 3.8) is 0 Å². The van der Waals surface area contributed by atoms with Crippen LogP contribution in [0.3, 0.4) is 0 Å². The van der Waals surface area contributed by atoms with Crippen LogP contribution in [0.1, 0.15) is 51.9 Å². The van der Waals surface area contributed by atoms with Crippen LogP contribution in [0.25, 0.3) is 0 Å². The predicted molar refractivity (Wildman–Crippen MR) is 66.0 cm³/mol. The molecule has 1 rings (SSSR count). The number of carbonyl (C=O) groups excluding carboxylic acids is 2. The number of ether oxygens (including phenoxy) is 2. The Kier molecular flexibility index (Phi) is 6.24. The number of rotatable bonds is 0. The molecule has 0 radical (unpaired) electrons. The third kappa shape index (κ3) is 6.02. The summed E-state index contributed by atoms with van der Waals surface area (Å²) in [5.74, 6) is -3.86. The molecule has 1 heterocycles. The highest BCUT2D eigenvalue weighted by Crippen LogP contribution is 2.16. The minimum absolute atomic E-state index is 0.0417. The normalized spacial score (nSPS) is 27.0. The molecule has 1 aliphatic heterocycles. The van der Waals surface area contributed by atoms with Crippen LogP contribution in [-0.2, 0) is 19.1 Å². The maximum atomic E-state index is 11.5. The minimum Gasteiger partial charge on any atom is -0.459 e. The maximum Gasteiger partial charge on any atom is 0.366 e. The zero-order valence-corrected chi connectivity index (χ0v) is 11.3. The van der Waals surface area contributed by atoms with Gasteiger partial charge in [-0.1, -0.05) is 19.3 Å². The lowest BCUT2D eigenvalue weighted by Crippen LogP contribution is -2.41. The lowest BCUT2D eigenvalue weighted by molar-refractivity contribution is -0.214. The molecule has 0 amide bonds. The van der Waals surface area contributed by atoms with Gasteiger partial charge in [0.2, 0.25) is 0 Å². The number of hydrogen-bond acceptors (Lipinski definition) is 6. The third-order valence-electron chi connectivity index (χ3n) is 3.01. The quantitative estimate of drug-likeness (QED) is 0.503. The Balaban J connectivity index is 2.56. The molecule has 2 N–H and O–H groups in total. The van der Waals surface area contributed by atoms with E-state index in [1.165, 1.54) is 0 Å². The summed E-state index contributed by atoms with van der Waals surface area (Å²) in [4.78, 5) is 22.9. The number of hydrogen-bond donors (Lipinski definition) is 2. The Morgan fingerprint density at radius 2 is 1.74 bits per heavy atom. The van der Waals surface area contributed by atoms with E-state index >= 15 is 0 Å². The molecule has 1 atom stereocenters. The molecule has 6 nitrogen and oxygen atoms in total. The summed E-state index contributed by atoms with van der Waals surface area (Å²) in [7, 11) is 0. The second-order valence-electron chi connectivity index (χ2n) is 4.98. The van der Waals surface area contributed by atoms with E-state index in [1.807, 2.05) is 0 Å². The van der Waals surface area contributed by atoms with Crippen molar-refractivity contribution >= 4 is 11.9 Å². The van der Waals surface area contributed by atoms with E-state index in [9.17, 15) is 19.8 Å². The highest BCUT2D eigenvalue weighted by Gasteiger charge is 2.34. The fourth-order valence-electron chi connectivity index (χ4n) is 1.90. The fraction of sp³-hybridized carbons (Fsp3) is 0.846. The van der Waals surface area contributed by atoms with Crippen LogP contribution in [0.15, 0.2) is 0 Å². The molecule has 0 aromatic carbocycles. The first-order chi connectivity index (χ1) is 8.92. The van der Waals surface area contributed by atoms with E-state index in [-0.39, 0.29) is 19.0 Å². The molecule has 0 aromatic heterocycles. The Morgan fingerprint density at radius 3 is 2.47 bits per heavy atom. The Labute approximate surface area is 112 Å². The van der Waals surface area contributed by atoms with Crippen molar-refractivity contribution in [1.29, 1.82) is 0 Å². The van der Waals surface area contributed by atoms with Crippen molar-refractivity contribution in [1.82, 2.24) is 0 Å². The maximum absolute atomic E-state index is 11.5. The molecule has 0 aromatic rings. The van der Waals surface area contributed by atoms with Gasteiger partial charge in [-0.3, -0.25) is 4.79 Å². The van der Waals surface area contributed by atoms with E-state index in [4.69, 9.17) is 9.47 Å². The third-order valence-corrected chi connectivity index (χ3v) is 3.01. The van der Waals surface area contributed by atoms with E-state index in [0.29, 0.717) is 12.8 Å². The van der Waals surface area contributed by atoms with Crippen LogP contribution in [0.2, 0.25) is 0 Å². The van der Waals surface area contributed by atoms with Gasteiger partial charge in [0, 0.05) is 12.8 Å². The van der Waals surface area contributed by atoms with Gasteiger partial charge >= 0.3 is 11.9 Å². The molecule has 0 spiro atoms. The van der Waals surface area contributed by atoms with Gasteiger partial charge in [-0.2, -0.15) is 0 Å². The highest BCUT2D eigenvalue weighted by atomic mass is 16.6. The van der Waals surface area contributed by atoms with Crippen molar-refractivity contribution in [2.75, 3.05) is 6.61 Å². The summed E-state index contributed by atoms with van der Waals surface area (Å²) in [5.41, 5.74) is 0. The van der Waals surface area contributed by atoms with E-state index in [1.54, 1.807) is 6.92 Å². The summed E-state index contributed by atoms with van der Waals surface area (Å²) >= 11 is 0. The molecule has 0 aliphatic carbocycles. The van der Waals surface area contributed by atoms with Gasteiger partial charge in [0.1, 0.15) is 12.7 Å². The second-order valence-corrected chi connectivity index (χ2v) is 4.98. The largest absolute Gasteiger partial charge is 0.459 e. The summed E-state index contributed by atoms with van der Waals surface area (Å²) in [5, 5.41) is 19.1. The lowest BCUT2D eigenvalue weighted by atomic mass is 10.0. The molecule has 1 aliphatic rings. The summed E-state index contributed by atoms with van der Waals surface area (Å²) in [6.45, 7) is 1.42. The van der Waals surface area contributed by atoms with Crippen molar-refractivity contribution < 1.29 is 29.3 Å². The van der Waals surface area contributed by atoms with Gasteiger partial charge < -0.3 is 19.7 Å². The van der Waals surface area contributed by atoms with Crippen LogP contribution in [0, 0.1) is 0 Å². The zero-order chi connectivity index (χ0) is 14.3. The van der Waals surface area contributed by atoms with Crippen LogP contribution in [0.5, 0.6) is 0 Å². The van der Waals surface area contributed by atoms with Gasteiger partial charge in [0.05, 0.1) is 0 Å². The standard InChI is InChI=1S/C13H22O6/c1-10-9-18-12(15)13(16,17)8-6-4-2-3-5-7-11(14)19-10/h10,16-17H,2-9H2,1H3. The van der Waals surface area contributed by atoms with Gasteiger partial charge in [-0.05, 0) is 19.8 Å². The molecule has 1 fully saturated rings. The van der Waals surface area contributed by atoms with Gasteiger partial charge in [-0.15, -0.1) is 0 Å². The number of carbonyl (C=O) groups is 2. The van der Waals surface area contributed by atoms with Gasteiger partial charge in [0.15, 0.2) is 0 Å². The zero-order valence-electron chi connectivity index (χ0n) is 11.3. The highest BCUT2D eigenvalue weighted by molar-refractivity contribution is 5.77. The summed E-state index contributed by atoms with van der Waals surface area (Å²) in [6, 6.07) is 0. The number of esters is 2. The van der Waals surface area contributed by atoms with Gasteiger partial charge in [-0.25, -0.2) is 4.79 Å². The first kappa shape index (κ1) is 15.9. The smallest absolute Gasteiger partial charge is 0.366 e. The average Bonchev–Trinajstić information content (AvgIpc) is 2.33. The molecular formula is C13H22O6. The SMILES string of the molecule is CC1COC(=O)C(O)(O)CCCCCCCC(=O)O1. The summed E-state index contributed by atoms with van der Waals surface area (Å²) in [6.07, 6.45) is 3.57. The Hall–Kier alpha value is -1.14. The van der Waals surface area contributed by atoms with E-state index < -0.39 is 17.9 Å². The monoisotopic (exact) mass is 274 g/mol. The van der Waals surface area contributed by atoms with Crippen LogP contribution in [-0.4, -0.2) is 40.6 Å². The molecule has 0 saturated carbocycles. The van der Waals surface area contributed by atoms with E-state index in [0.717, 1.165) is 25.7 Å². The Morgan fingerprint density at radius 1 is 1.11 bits per heavy atom. The predicted octanol–water partition coefficient (Wildman–Crippen LogP) is 0.886.